The third-order valence-electron chi connectivity index (χ3n) is 3.65. The molecule has 1 aliphatic rings. The van der Waals surface area contributed by atoms with Gasteiger partial charge in [-0.3, -0.25) is 4.79 Å². The molecule has 0 amide bonds. The molecule has 0 bridgehead atoms. The second-order valence-electron chi connectivity index (χ2n) is 4.95. The summed E-state index contributed by atoms with van der Waals surface area (Å²) >= 11 is 0. The first-order valence-corrected chi connectivity index (χ1v) is 5.94. The van der Waals surface area contributed by atoms with E-state index in [1.54, 1.807) is 0 Å². The Morgan fingerprint density at radius 1 is 1.17 bits per heavy atom. The number of hydrogen-bond acceptors (Lipinski definition) is 2. The molecule has 3 rings (SSSR count). The summed E-state index contributed by atoms with van der Waals surface area (Å²) in [6.07, 6.45) is 0. The van der Waals surface area contributed by atoms with Crippen LogP contribution in [0.3, 0.4) is 0 Å². The summed E-state index contributed by atoms with van der Waals surface area (Å²) < 4.78 is 5.10. The van der Waals surface area contributed by atoms with E-state index in [1.165, 1.54) is 5.56 Å². The van der Waals surface area contributed by atoms with Gasteiger partial charge in [0, 0.05) is 0 Å². The number of benzene rings is 2. The molecule has 1 saturated heterocycles. The van der Waals surface area contributed by atoms with E-state index >= 15 is 0 Å². The van der Waals surface area contributed by atoms with E-state index in [0.717, 1.165) is 16.3 Å². The summed E-state index contributed by atoms with van der Waals surface area (Å²) in [6, 6.07) is 12.0. The predicted octanol–water partition coefficient (Wildman–Crippen LogP) is 2.50. The van der Waals surface area contributed by atoms with E-state index in [2.05, 4.69) is 6.07 Å². The SMILES string of the molecule is Cc1ccc2cc(C3(C(=O)O)COC3)ccc2c1. The van der Waals surface area contributed by atoms with Crippen LogP contribution in [-0.4, -0.2) is 24.3 Å². The highest BCUT2D eigenvalue weighted by Crippen LogP contribution is 2.34. The molecule has 3 heteroatoms. The molecule has 0 unspecified atom stereocenters. The van der Waals surface area contributed by atoms with Crippen molar-refractivity contribution in [1.29, 1.82) is 0 Å². The van der Waals surface area contributed by atoms with Crippen molar-refractivity contribution in [2.45, 2.75) is 12.3 Å². The Kier molecular flexibility index (Phi) is 2.38. The molecular weight excluding hydrogens is 228 g/mol. The molecular formula is C15H14O3. The Bertz CT molecular complexity index is 627. The Balaban J connectivity index is 2.13. The standard InChI is InChI=1S/C15H14O3/c1-10-2-3-12-7-13(5-4-11(12)6-10)15(14(16)17)8-18-9-15/h2-7H,8-9H2,1H3,(H,16,17). The van der Waals surface area contributed by atoms with Crippen molar-refractivity contribution in [3.05, 3.63) is 47.5 Å². The minimum absolute atomic E-state index is 0.264. The summed E-state index contributed by atoms with van der Waals surface area (Å²) in [4.78, 5) is 11.4. The Morgan fingerprint density at radius 3 is 2.44 bits per heavy atom. The number of fused-ring (bicyclic) bond motifs is 1. The number of aryl methyl sites for hydroxylation is 1. The minimum atomic E-state index is -0.848. The van der Waals surface area contributed by atoms with Crippen molar-refractivity contribution in [3.63, 3.8) is 0 Å². The Morgan fingerprint density at radius 2 is 1.83 bits per heavy atom. The zero-order valence-corrected chi connectivity index (χ0v) is 10.1. The first kappa shape index (κ1) is 11.2. The van der Waals surface area contributed by atoms with Gasteiger partial charge in [-0.05, 0) is 29.3 Å². The highest BCUT2D eigenvalue weighted by molar-refractivity contribution is 5.88. The highest BCUT2D eigenvalue weighted by Gasteiger charge is 2.47. The molecule has 0 atom stereocenters. The molecule has 2 aromatic rings. The molecule has 2 aromatic carbocycles. The fourth-order valence-electron chi connectivity index (χ4n) is 2.38. The maximum Gasteiger partial charge on any atom is 0.318 e. The van der Waals surface area contributed by atoms with Crippen LogP contribution in [0.4, 0.5) is 0 Å². The van der Waals surface area contributed by atoms with E-state index in [9.17, 15) is 9.90 Å². The first-order valence-electron chi connectivity index (χ1n) is 5.94. The van der Waals surface area contributed by atoms with Crippen molar-refractivity contribution in [3.8, 4) is 0 Å². The van der Waals surface area contributed by atoms with E-state index in [1.807, 2.05) is 37.3 Å². The fraction of sp³-hybridized carbons (Fsp3) is 0.267. The Hall–Kier alpha value is -1.87. The van der Waals surface area contributed by atoms with Gasteiger partial charge in [0.2, 0.25) is 0 Å². The monoisotopic (exact) mass is 242 g/mol. The quantitative estimate of drug-likeness (QED) is 0.880. The van der Waals surface area contributed by atoms with Gasteiger partial charge in [-0.25, -0.2) is 0 Å². The molecule has 92 valence electrons. The van der Waals surface area contributed by atoms with Crippen LogP contribution in [0.25, 0.3) is 10.8 Å². The maximum atomic E-state index is 11.4. The predicted molar refractivity (Wildman–Crippen MR) is 68.8 cm³/mol. The van der Waals surface area contributed by atoms with Crippen LogP contribution >= 0.6 is 0 Å². The van der Waals surface area contributed by atoms with Crippen molar-refractivity contribution in [2.24, 2.45) is 0 Å². The summed E-state index contributed by atoms with van der Waals surface area (Å²) in [5, 5.41) is 11.6. The highest BCUT2D eigenvalue weighted by atomic mass is 16.5. The Labute approximate surface area is 105 Å². The van der Waals surface area contributed by atoms with Gasteiger partial charge < -0.3 is 9.84 Å². The lowest BCUT2D eigenvalue weighted by atomic mass is 9.78. The minimum Gasteiger partial charge on any atom is -0.480 e. The van der Waals surface area contributed by atoms with Crippen LogP contribution in [0.15, 0.2) is 36.4 Å². The third kappa shape index (κ3) is 1.51. The number of hydrogen-bond donors (Lipinski definition) is 1. The zero-order valence-electron chi connectivity index (χ0n) is 10.1. The second kappa shape index (κ2) is 3.82. The molecule has 1 fully saturated rings. The molecule has 0 spiro atoms. The number of rotatable bonds is 2. The normalized spacial score (nSPS) is 17.4. The van der Waals surface area contributed by atoms with Gasteiger partial charge in [-0.1, -0.05) is 35.9 Å². The van der Waals surface area contributed by atoms with Crippen LogP contribution < -0.4 is 0 Å². The van der Waals surface area contributed by atoms with Gasteiger partial charge in [-0.15, -0.1) is 0 Å². The molecule has 3 nitrogen and oxygen atoms in total. The summed E-state index contributed by atoms with van der Waals surface area (Å²) in [7, 11) is 0. The fourth-order valence-corrected chi connectivity index (χ4v) is 2.38. The van der Waals surface area contributed by atoms with Crippen LogP contribution in [-0.2, 0) is 14.9 Å². The smallest absolute Gasteiger partial charge is 0.318 e. The van der Waals surface area contributed by atoms with Crippen LogP contribution in [0.1, 0.15) is 11.1 Å². The largest absolute Gasteiger partial charge is 0.480 e. The third-order valence-corrected chi connectivity index (χ3v) is 3.65. The molecule has 0 aliphatic carbocycles. The van der Waals surface area contributed by atoms with E-state index in [4.69, 9.17) is 4.74 Å². The van der Waals surface area contributed by atoms with Gasteiger partial charge in [0.05, 0.1) is 13.2 Å². The molecule has 0 radical (unpaired) electrons. The average molecular weight is 242 g/mol. The van der Waals surface area contributed by atoms with Crippen molar-refractivity contribution in [1.82, 2.24) is 0 Å². The number of carboxylic acids is 1. The molecule has 1 heterocycles. The van der Waals surface area contributed by atoms with E-state index < -0.39 is 11.4 Å². The first-order chi connectivity index (χ1) is 8.62. The molecule has 0 aromatic heterocycles. The topological polar surface area (TPSA) is 46.5 Å². The van der Waals surface area contributed by atoms with Crippen LogP contribution in [0, 0.1) is 6.92 Å². The van der Waals surface area contributed by atoms with E-state index in [0.29, 0.717) is 0 Å². The van der Waals surface area contributed by atoms with Crippen molar-refractivity contribution < 1.29 is 14.6 Å². The average Bonchev–Trinajstić information content (AvgIpc) is 2.27. The number of carbonyl (C=O) groups is 1. The van der Waals surface area contributed by atoms with E-state index in [-0.39, 0.29) is 13.2 Å². The van der Waals surface area contributed by atoms with Crippen LogP contribution in [0.2, 0.25) is 0 Å². The number of aliphatic carboxylic acids is 1. The zero-order chi connectivity index (χ0) is 12.8. The van der Waals surface area contributed by atoms with Crippen LogP contribution in [0.5, 0.6) is 0 Å². The van der Waals surface area contributed by atoms with Gasteiger partial charge in [0.1, 0.15) is 5.41 Å². The molecule has 0 saturated carbocycles. The summed E-state index contributed by atoms with van der Waals surface area (Å²) in [6.45, 7) is 2.57. The second-order valence-corrected chi connectivity index (χ2v) is 4.95. The van der Waals surface area contributed by atoms with Crippen molar-refractivity contribution >= 4 is 16.7 Å². The van der Waals surface area contributed by atoms with Gasteiger partial charge in [0.25, 0.3) is 0 Å². The van der Waals surface area contributed by atoms with Crippen molar-refractivity contribution in [2.75, 3.05) is 13.2 Å². The molecule has 1 aliphatic heterocycles. The number of carboxylic acid groups (broad SMARTS) is 1. The molecule has 1 N–H and O–H groups in total. The lowest BCUT2D eigenvalue weighted by molar-refractivity contribution is -0.163. The lowest BCUT2D eigenvalue weighted by Gasteiger charge is -2.37. The lowest BCUT2D eigenvalue weighted by Crippen LogP contribution is -2.53. The van der Waals surface area contributed by atoms with Gasteiger partial charge in [-0.2, -0.15) is 0 Å². The molecule has 18 heavy (non-hydrogen) atoms. The van der Waals surface area contributed by atoms with Gasteiger partial charge in [0.15, 0.2) is 0 Å². The summed E-state index contributed by atoms with van der Waals surface area (Å²) in [5.74, 6) is -0.805. The summed E-state index contributed by atoms with van der Waals surface area (Å²) in [5.41, 5.74) is 1.19. The van der Waals surface area contributed by atoms with Gasteiger partial charge >= 0.3 is 5.97 Å². The maximum absolute atomic E-state index is 11.4. The number of ether oxygens (including phenoxy) is 1.